The highest BCUT2D eigenvalue weighted by molar-refractivity contribution is 5.77. The van der Waals surface area contributed by atoms with Crippen molar-refractivity contribution in [3.05, 3.63) is 0 Å². The van der Waals surface area contributed by atoms with E-state index < -0.39 is 11.5 Å². The third-order valence-corrected chi connectivity index (χ3v) is 3.62. The van der Waals surface area contributed by atoms with E-state index in [9.17, 15) is 4.79 Å². The zero-order chi connectivity index (χ0) is 10.9. The summed E-state index contributed by atoms with van der Waals surface area (Å²) in [6, 6.07) is 0.370. The van der Waals surface area contributed by atoms with Crippen LogP contribution in [0.2, 0.25) is 0 Å². The quantitative estimate of drug-likeness (QED) is 0.739. The molecule has 0 spiro atoms. The van der Waals surface area contributed by atoms with E-state index in [1.165, 1.54) is 6.42 Å². The fraction of sp³-hybridized carbons (Fsp3) is 0.909. The number of aliphatic carboxylic acids is 1. The van der Waals surface area contributed by atoms with Crippen molar-refractivity contribution < 1.29 is 9.90 Å². The van der Waals surface area contributed by atoms with Gasteiger partial charge in [0.25, 0.3) is 0 Å². The highest BCUT2D eigenvalue weighted by Gasteiger charge is 2.40. The highest BCUT2D eigenvalue weighted by atomic mass is 16.4. The summed E-state index contributed by atoms with van der Waals surface area (Å²) in [5.74, 6) is -0.124. The van der Waals surface area contributed by atoms with Gasteiger partial charge in [0.2, 0.25) is 0 Å². The smallest absolute Gasteiger partial charge is 0.323 e. The third kappa shape index (κ3) is 1.92. The van der Waals surface area contributed by atoms with Crippen LogP contribution in [-0.2, 0) is 4.79 Å². The molecule has 3 nitrogen and oxygen atoms in total. The van der Waals surface area contributed by atoms with Crippen LogP contribution in [0.25, 0.3) is 0 Å². The molecule has 2 unspecified atom stereocenters. The van der Waals surface area contributed by atoms with Crippen LogP contribution in [0, 0.1) is 5.92 Å². The maximum Gasteiger partial charge on any atom is 0.323 e. The minimum Gasteiger partial charge on any atom is -0.480 e. The van der Waals surface area contributed by atoms with Crippen LogP contribution < -0.4 is 0 Å². The monoisotopic (exact) mass is 199 g/mol. The molecule has 0 aliphatic carbocycles. The van der Waals surface area contributed by atoms with Crippen LogP contribution >= 0.6 is 0 Å². The van der Waals surface area contributed by atoms with Crippen molar-refractivity contribution in [1.82, 2.24) is 4.90 Å². The molecule has 2 atom stereocenters. The van der Waals surface area contributed by atoms with Crippen LogP contribution in [0.5, 0.6) is 0 Å². The van der Waals surface area contributed by atoms with E-state index >= 15 is 0 Å². The van der Waals surface area contributed by atoms with Gasteiger partial charge in [-0.2, -0.15) is 0 Å². The van der Waals surface area contributed by atoms with Gasteiger partial charge >= 0.3 is 5.97 Å². The lowest BCUT2D eigenvalue weighted by Gasteiger charge is -2.45. The lowest BCUT2D eigenvalue weighted by molar-refractivity contribution is -0.152. The summed E-state index contributed by atoms with van der Waals surface area (Å²) in [4.78, 5) is 13.2. The zero-order valence-electron chi connectivity index (χ0n) is 9.58. The maximum atomic E-state index is 11.1. The number of piperidine rings is 1. The Hall–Kier alpha value is -0.570. The van der Waals surface area contributed by atoms with Crippen LogP contribution in [0.3, 0.4) is 0 Å². The molecule has 0 bridgehead atoms. The number of hydrogen-bond acceptors (Lipinski definition) is 2. The van der Waals surface area contributed by atoms with Crippen LogP contribution in [0.15, 0.2) is 0 Å². The average molecular weight is 199 g/mol. The second-order valence-corrected chi connectivity index (χ2v) is 4.92. The van der Waals surface area contributed by atoms with Gasteiger partial charge in [0, 0.05) is 6.04 Å². The van der Waals surface area contributed by atoms with Crippen LogP contribution in [0.1, 0.15) is 40.5 Å². The van der Waals surface area contributed by atoms with Crippen molar-refractivity contribution in [2.24, 2.45) is 5.92 Å². The average Bonchev–Trinajstić information content (AvgIpc) is 2.09. The summed E-state index contributed by atoms with van der Waals surface area (Å²) in [7, 11) is 0. The SMILES string of the molecule is CC1CCCN(C(C)(C)C(=O)O)C1C. The molecule has 0 amide bonds. The van der Waals surface area contributed by atoms with Gasteiger partial charge in [-0.05, 0) is 46.1 Å². The Kier molecular flexibility index (Phi) is 3.20. The molecule has 3 heteroatoms. The first-order chi connectivity index (χ1) is 6.37. The molecular formula is C11H21NO2. The van der Waals surface area contributed by atoms with E-state index in [4.69, 9.17) is 5.11 Å². The van der Waals surface area contributed by atoms with E-state index in [1.807, 2.05) is 0 Å². The summed E-state index contributed by atoms with van der Waals surface area (Å²) in [6.07, 6.45) is 2.33. The summed E-state index contributed by atoms with van der Waals surface area (Å²) in [6.45, 7) is 8.84. The second-order valence-electron chi connectivity index (χ2n) is 4.92. The first-order valence-electron chi connectivity index (χ1n) is 5.37. The van der Waals surface area contributed by atoms with E-state index in [0.29, 0.717) is 12.0 Å². The molecule has 0 aromatic heterocycles. The maximum absolute atomic E-state index is 11.1. The van der Waals surface area contributed by atoms with Gasteiger partial charge in [-0.25, -0.2) is 0 Å². The van der Waals surface area contributed by atoms with Gasteiger partial charge < -0.3 is 5.11 Å². The summed E-state index contributed by atoms with van der Waals surface area (Å²) < 4.78 is 0. The predicted molar refractivity (Wildman–Crippen MR) is 56.3 cm³/mol. The van der Waals surface area contributed by atoms with Crippen molar-refractivity contribution in [1.29, 1.82) is 0 Å². The first kappa shape index (κ1) is 11.5. The highest BCUT2D eigenvalue weighted by Crippen LogP contribution is 2.29. The van der Waals surface area contributed by atoms with Crippen molar-refractivity contribution in [3.63, 3.8) is 0 Å². The summed E-state index contributed by atoms with van der Waals surface area (Å²) in [5, 5.41) is 9.16. The second kappa shape index (κ2) is 3.89. The molecule has 1 aliphatic heterocycles. The van der Waals surface area contributed by atoms with Gasteiger partial charge in [-0.15, -0.1) is 0 Å². The van der Waals surface area contributed by atoms with Crippen molar-refractivity contribution in [2.75, 3.05) is 6.54 Å². The first-order valence-corrected chi connectivity index (χ1v) is 5.37. The van der Waals surface area contributed by atoms with E-state index in [-0.39, 0.29) is 0 Å². The van der Waals surface area contributed by atoms with E-state index in [2.05, 4.69) is 18.7 Å². The third-order valence-electron chi connectivity index (χ3n) is 3.62. The molecule has 82 valence electrons. The van der Waals surface area contributed by atoms with Crippen LogP contribution in [0.4, 0.5) is 0 Å². The molecule has 0 radical (unpaired) electrons. The lowest BCUT2D eigenvalue weighted by Crippen LogP contribution is -2.57. The van der Waals surface area contributed by atoms with Crippen molar-refractivity contribution in [3.8, 4) is 0 Å². The van der Waals surface area contributed by atoms with E-state index in [0.717, 1.165) is 13.0 Å². The number of hydrogen-bond donors (Lipinski definition) is 1. The molecule has 1 fully saturated rings. The topological polar surface area (TPSA) is 40.5 Å². The minimum absolute atomic E-state index is 0.370. The molecule has 1 saturated heterocycles. The van der Waals surface area contributed by atoms with Gasteiger partial charge in [-0.3, -0.25) is 9.69 Å². The molecule has 0 aromatic rings. The molecule has 14 heavy (non-hydrogen) atoms. The van der Waals surface area contributed by atoms with Crippen LogP contribution in [-0.4, -0.2) is 34.1 Å². The Morgan fingerprint density at radius 2 is 2.00 bits per heavy atom. The molecule has 1 rings (SSSR count). The van der Waals surface area contributed by atoms with Crippen molar-refractivity contribution in [2.45, 2.75) is 52.1 Å². The van der Waals surface area contributed by atoms with Gasteiger partial charge in [0.1, 0.15) is 5.54 Å². The largest absolute Gasteiger partial charge is 0.480 e. The molecule has 0 aromatic carbocycles. The number of nitrogens with zero attached hydrogens (tertiary/aromatic N) is 1. The Morgan fingerprint density at radius 3 is 2.50 bits per heavy atom. The Morgan fingerprint density at radius 1 is 1.43 bits per heavy atom. The fourth-order valence-corrected chi connectivity index (χ4v) is 2.25. The Balaban J connectivity index is 2.80. The predicted octanol–water partition coefficient (Wildman–Crippen LogP) is 1.97. The number of carboxylic acids is 1. The summed E-state index contributed by atoms with van der Waals surface area (Å²) >= 11 is 0. The lowest BCUT2D eigenvalue weighted by atomic mass is 9.87. The molecular weight excluding hydrogens is 178 g/mol. The number of rotatable bonds is 2. The minimum atomic E-state index is -0.728. The van der Waals surface area contributed by atoms with Gasteiger partial charge in [-0.1, -0.05) is 6.92 Å². The summed E-state index contributed by atoms with van der Waals surface area (Å²) in [5.41, 5.74) is -0.728. The Labute approximate surface area is 86.1 Å². The fourth-order valence-electron chi connectivity index (χ4n) is 2.25. The number of carbonyl (C=O) groups is 1. The van der Waals surface area contributed by atoms with Gasteiger partial charge in [0.15, 0.2) is 0 Å². The Bertz CT molecular complexity index is 225. The molecule has 1 heterocycles. The van der Waals surface area contributed by atoms with E-state index in [1.54, 1.807) is 13.8 Å². The normalized spacial score (nSPS) is 30.3. The molecule has 1 aliphatic rings. The molecule has 0 saturated carbocycles. The number of likely N-dealkylation sites (tertiary alicyclic amines) is 1. The van der Waals surface area contributed by atoms with Gasteiger partial charge in [0.05, 0.1) is 0 Å². The zero-order valence-corrected chi connectivity index (χ0v) is 9.58. The molecule has 1 N–H and O–H groups in total. The van der Waals surface area contributed by atoms with Crippen molar-refractivity contribution >= 4 is 5.97 Å². The number of carboxylic acid groups (broad SMARTS) is 1. The standard InChI is InChI=1S/C11H21NO2/c1-8-6-5-7-12(9(8)2)11(3,4)10(13)14/h8-9H,5-7H2,1-4H3,(H,13,14).